The van der Waals surface area contributed by atoms with E-state index in [-0.39, 0.29) is 16.5 Å². The normalized spacial score (nSPS) is 11.2. The number of rotatable bonds is 6. The van der Waals surface area contributed by atoms with E-state index in [9.17, 15) is 17.2 Å². The van der Waals surface area contributed by atoms with Crippen LogP contribution < -0.4 is 10.0 Å². The van der Waals surface area contributed by atoms with E-state index >= 15 is 0 Å². The fraction of sp³-hybridized carbons (Fsp3) is 0.105. The Hall–Kier alpha value is -3.00. The Labute approximate surface area is 156 Å². The minimum atomic E-state index is -3.87. The number of halogens is 2. The molecule has 0 radical (unpaired) electrons. The molecule has 2 aromatic carbocycles. The molecule has 0 fully saturated rings. The summed E-state index contributed by atoms with van der Waals surface area (Å²) in [5, 5.41) is 3.11. The number of nitrogens with one attached hydrogen (secondary N) is 2. The van der Waals surface area contributed by atoms with Gasteiger partial charge in [-0.05, 0) is 60.5 Å². The van der Waals surface area contributed by atoms with Crippen molar-refractivity contribution < 1.29 is 17.2 Å². The molecule has 0 aliphatic carbocycles. The highest BCUT2D eigenvalue weighted by atomic mass is 32.2. The number of benzene rings is 2. The molecule has 0 bridgehead atoms. The molecule has 0 amide bonds. The lowest BCUT2D eigenvalue weighted by Gasteiger charge is -2.11. The summed E-state index contributed by atoms with van der Waals surface area (Å²) in [6.07, 6.45) is 1.49. The Morgan fingerprint density at radius 2 is 1.67 bits per heavy atom. The van der Waals surface area contributed by atoms with E-state index in [4.69, 9.17) is 0 Å². The van der Waals surface area contributed by atoms with Gasteiger partial charge in [0.1, 0.15) is 17.5 Å². The number of aryl methyl sites for hydroxylation is 1. The minimum Gasteiger partial charge on any atom is -0.380 e. The van der Waals surface area contributed by atoms with Gasteiger partial charge in [-0.3, -0.25) is 4.72 Å². The van der Waals surface area contributed by atoms with Crippen LogP contribution >= 0.6 is 0 Å². The van der Waals surface area contributed by atoms with E-state index in [2.05, 4.69) is 15.0 Å². The van der Waals surface area contributed by atoms with Gasteiger partial charge >= 0.3 is 0 Å². The van der Waals surface area contributed by atoms with E-state index in [0.29, 0.717) is 17.8 Å². The van der Waals surface area contributed by atoms with Crippen LogP contribution in [0.1, 0.15) is 11.1 Å². The van der Waals surface area contributed by atoms with Crippen LogP contribution in [0.15, 0.2) is 65.7 Å². The second-order valence-corrected chi connectivity index (χ2v) is 7.58. The molecule has 0 aliphatic rings. The van der Waals surface area contributed by atoms with Crippen LogP contribution in [0, 0.1) is 18.6 Å². The van der Waals surface area contributed by atoms with Crippen molar-refractivity contribution >= 4 is 21.5 Å². The van der Waals surface area contributed by atoms with Crippen molar-refractivity contribution in [2.24, 2.45) is 0 Å². The van der Waals surface area contributed by atoms with Crippen LogP contribution in [0.2, 0.25) is 0 Å². The van der Waals surface area contributed by atoms with E-state index in [1.807, 2.05) is 0 Å². The molecule has 0 saturated carbocycles. The summed E-state index contributed by atoms with van der Waals surface area (Å²) in [4.78, 5) is 4.07. The zero-order chi connectivity index (χ0) is 19.4. The number of anilines is 2. The summed E-state index contributed by atoms with van der Waals surface area (Å²) in [6, 6.07) is 12.8. The summed E-state index contributed by atoms with van der Waals surface area (Å²) in [7, 11) is -3.87. The van der Waals surface area contributed by atoms with E-state index < -0.39 is 15.8 Å². The summed E-state index contributed by atoms with van der Waals surface area (Å²) in [5.74, 6) is -0.652. The number of hydrogen-bond donors (Lipinski definition) is 2. The highest BCUT2D eigenvalue weighted by molar-refractivity contribution is 7.92. The van der Waals surface area contributed by atoms with Crippen LogP contribution in [-0.4, -0.2) is 13.4 Å². The van der Waals surface area contributed by atoms with Crippen LogP contribution in [-0.2, 0) is 16.6 Å². The Kier molecular flexibility index (Phi) is 5.36. The minimum absolute atomic E-state index is 0.00999. The maximum atomic E-state index is 13.2. The molecule has 3 rings (SSSR count). The number of sulfonamides is 1. The van der Waals surface area contributed by atoms with Crippen molar-refractivity contribution in [3.63, 3.8) is 0 Å². The lowest BCUT2D eigenvalue weighted by Crippen LogP contribution is -2.15. The SMILES string of the molecule is Cc1cc(F)ccc1S(=O)(=O)Nc1ccc(NCc2ccc(F)cc2)cn1. The smallest absolute Gasteiger partial charge is 0.263 e. The van der Waals surface area contributed by atoms with Crippen LogP contribution in [0.4, 0.5) is 20.3 Å². The molecular formula is C19H17F2N3O2S. The van der Waals surface area contributed by atoms with E-state index in [1.165, 1.54) is 37.4 Å². The van der Waals surface area contributed by atoms with Crippen LogP contribution in [0.25, 0.3) is 0 Å². The quantitative estimate of drug-likeness (QED) is 0.666. The van der Waals surface area contributed by atoms with Gasteiger partial charge < -0.3 is 5.32 Å². The van der Waals surface area contributed by atoms with Crippen molar-refractivity contribution in [1.29, 1.82) is 0 Å². The standard InChI is InChI=1S/C19H17F2N3O2S/c1-13-10-16(21)6-8-18(13)27(25,26)24-19-9-7-17(12-23-19)22-11-14-2-4-15(20)5-3-14/h2-10,12,22H,11H2,1H3,(H,23,24). The van der Waals surface area contributed by atoms with Crippen molar-refractivity contribution in [1.82, 2.24) is 4.98 Å². The van der Waals surface area contributed by atoms with E-state index in [1.54, 1.807) is 18.2 Å². The van der Waals surface area contributed by atoms with Gasteiger partial charge in [-0.1, -0.05) is 12.1 Å². The molecule has 1 heterocycles. The third-order valence-electron chi connectivity index (χ3n) is 3.84. The molecule has 5 nitrogen and oxygen atoms in total. The van der Waals surface area contributed by atoms with Gasteiger partial charge in [0.15, 0.2) is 0 Å². The Morgan fingerprint density at radius 3 is 2.30 bits per heavy atom. The largest absolute Gasteiger partial charge is 0.380 e. The molecule has 27 heavy (non-hydrogen) atoms. The summed E-state index contributed by atoms with van der Waals surface area (Å²) in [5.41, 5.74) is 1.88. The highest BCUT2D eigenvalue weighted by Gasteiger charge is 2.17. The topological polar surface area (TPSA) is 71.1 Å². The van der Waals surface area contributed by atoms with Gasteiger partial charge in [0, 0.05) is 6.54 Å². The zero-order valence-electron chi connectivity index (χ0n) is 14.4. The average molecular weight is 389 g/mol. The average Bonchev–Trinajstić information content (AvgIpc) is 2.62. The summed E-state index contributed by atoms with van der Waals surface area (Å²) >= 11 is 0. The molecule has 0 aliphatic heterocycles. The van der Waals surface area contributed by atoms with Gasteiger partial charge in [0.2, 0.25) is 0 Å². The van der Waals surface area contributed by atoms with Gasteiger partial charge in [0.05, 0.1) is 16.8 Å². The van der Waals surface area contributed by atoms with E-state index in [0.717, 1.165) is 17.7 Å². The predicted molar refractivity (Wildman–Crippen MR) is 99.9 cm³/mol. The molecule has 2 N–H and O–H groups in total. The van der Waals surface area contributed by atoms with Crippen molar-refractivity contribution in [3.05, 3.63) is 83.6 Å². The lowest BCUT2D eigenvalue weighted by atomic mass is 10.2. The van der Waals surface area contributed by atoms with Crippen molar-refractivity contribution in [2.45, 2.75) is 18.4 Å². The predicted octanol–water partition coefficient (Wildman–Crippen LogP) is 4.08. The van der Waals surface area contributed by atoms with Gasteiger partial charge in [-0.25, -0.2) is 22.2 Å². The molecule has 0 saturated heterocycles. The Balaban J connectivity index is 1.67. The van der Waals surface area contributed by atoms with Crippen molar-refractivity contribution in [3.8, 4) is 0 Å². The zero-order valence-corrected chi connectivity index (χ0v) is 15.2. The van der Waals surface area contributed by atoms with Crippen molar-refractivity contribution in [2.75, 3.05) is 10.0 Å². The molecule has 0 spiro atoms. The van der Waals surface area contributed by atoms with Gasteiger partial charge in [0.25, 0.3) is 10.0 Å². The van der Waals surface area contributed by atoms with Crippen LogP contribution in [0.5, 0.6) is 0 Å². The first-order valence-corrected chi connectivity index (χ1v) is 9.55. The molecule has 0 unspecified atom stereocenters. The number of nitrogens with zero attached hydrogens (tertiary/aromatic N) is 1. The Bertz CT molecular complexity index is 1040. The maximum Gasteiger partial charge on any atom is 0.263 e. The maximum absolute atomic E-state index is 13.2. The molecule has 0 atom stereocenters. The highest BCUT2D eigenvalue weighted by Crippen LogP contribution is 2.20. The lowest BCUT2D eigenvalue weighted by molar-refractivity contribution is 0.598. The van der Waals surface area contributed by atoms with Crippen LogP contribution in [0.3, 0.4) is 0 Å². The Morgan fingerprint density at radius 1 is 0.963 bits per heavy atom. The fourth-order valence-electron chi connectivity index (χ4n) is 2.47. The third kappa shape index (κ3) is 4.79. The first-order valence-electron chi connectivity index (χ1n) is 8.07. The second-order valence-electron chi connectivity index (χ2n) is 5.93. The molecule has 140 valence electrons. The molecule has 8 heteroatoms. The summed E-state index contributed by atoms with van der Waals surface area (Å²) in [6.45, 7) is 2.00. The summed E-state index contributed by atoms with van der Waals surface area (Å²) < 4.78 is 53.3. The monoisotopic (exact) mass is 389 g/mol. The molecule has 1 aromatic heterocycles. The second kappa shape index (κ2) is 7.71. The third-order valence-corrected chi connectivity index (χ3v) is 5.35. The van der Waals surface area contributed by atoms with Gasteiger partial charge in [-0.2, -0.15) is 0 Å². The molecular weight excluding hydrogens is 372 g/mol. The number of hydrogen-bond acceptors (Lipinski definition) is 4. The first-order chi connectivity index (χ1) is 12.8. The van der Waals surface area contributed by atoms with Gasteiger partial charge in [-0.15, -0.1) is 0 Å². The number of pyridine rings is 1. The number of aromatic nitrogens is 1. The first kappa shape index (κ1) is 18.8. The fourth-order valence-corrected chi connectivity index (χ4v) is 3.71. The molecule has 3 aromatic rings.